The standard InChI is InChI=1S/C17H20ClN3O2/c1-12-4-5-14(18)11-15(12)21-16-10-13(6-8-19-16)17(22)20-7-3-9-23-2/h4-6,8,10-11H,3,7,9H2,1-2H3,(H,19,21)(H,20,22). The van der Waals surface area contributed by atoms with Gasteiger partial charge in [-0.15, -0.1) is 0 Å². The molecule has 1 heterocycles. The van der Waals surface area contributed by atoms with Crippen molar-refractivity contribution in [2.75, 3.05) is 25.6 Å². The zero-order chi connectivity index (χ0) is 16.7. The Morgan fingerprint density at radius 2 is 2.13 bits per heavy atom. The Kier molecular flexibility index (Phi) is 6.38. The highest BCUT2D eigenvalue weighted by molar-refractivity contribution is 6.30. The summed E-state index contributed by atoms with van der Waals surface area (Å²) >= 11 is 6.01. The number of hydrogen-bond donors (Lipinski definition) is 2. The van der Waals surface area contributed by atoms with Crippen LogP contribution < -0.4 is 10.6 Å². The van der Waals surface area contributed by atoms with E-state index >= 15 is 0 Å². The molecule has 1 amide bonds. The summed E-state index contributed by atoms with van der Waals surface area (Å²) in [5, 5.41) is 6.68. The fraction of sp³-hybridized carbons (Fsp3) is 0.294. The van der Waals surface area contributed by atoms with Crippen molar-refractivity contribution in [1.29, 1.82) is 0 Å². The minimum atomic E-state index is -0.130. The Morgan fingerprint density at radius 1 is 1.30 bits per heavy atom. The van der Waals surface area contributed by atoms with Gasteiger partial charge in [-0.25, -0.2) is 4.98 Å². The van der Waals surface area contributed by atoms with Crippen LogP contribution in [-0.2, 0) is 4.74 Å². The van der Waals surface area contributed by atoms with E-state index in [4.69, 9.17) is 16.3 Å². The number of halogens is 1. The molecule has 2 N–H and O–H groups in total. The van der Waals surface area contributed by atoms with Gasteiger partial charge in [0.1, 0.15) is 5.82 Å². The number of hydrogen-bond acceptors (Lipinski definition) is 4. The molecule has 0 aliphatic rings. The largest absolute Gasteiger partial charge is 0.385 e. The SMILES string of the molecule is COCCCNC(=O)c1ccnc(Nc2cc(Cl)ccc2C)c1. The van der Waals surface area contributed by atoms with Crippen molar-refractivity contribution in [1.82, 2.24) is 10.3 Å². The molecule has 0 spiro atoms. The van der Waals surface area contributed by atoms with Crippen LogP contribution in [0.25, 0.3) is 0 Å². The first-order valence-electron chi connectivity index (χ1n) is 7.36. The maximum absolute atomic E-state index is 12.1. The molecule has 0 unspecified atom stereocenters. The number of benzene rings is 1. The van der Waals surface area contributed by atoms with Crippen LogP contribution in [0.4, 0.5) is 11.5 Å². The quantitative estimate of drug-likeness (QED) is 0.760. The fourth-order valence-corrected chi connectivity index (χ4v) is 2.20. The van der Waals surface area contributed by atoms with Crippen LogP contribution in [0.15, 0.2) is 36.5 Å². The van der Waals surface area contributed by atoms with Crippen molar-refractivity contribution < 1.29 is 9.53 Å². The molecular weight excluding hydrogens is 314 g/mol. The number of amides is 1. The van der Waals surface area contributed by atoms with Gasteiger partial charge in [0.05, 0.1) is 0 Å². The Bertz CT molecular complexity index is 677. The highest BCUT2D eigenvalue weighted by Crippen LogP contribution is 2.23. The molecule has 2 aromatic rings. The first-order valence-corrected chi connectivity index (χ1v) is 7.74. The van der Waals surface area contributed by atoms with Crippen LogP contribution in [0.1, 0.15) is 22.3 Å². The van der Waals surface area contributed by atoms with Gasteiger partial charge in [0.15, 0.2) is 0 Å². The highest BCUT2D eigenvalue weighted by Gasteiger charge is 2.07. The summed E-state index contributed by atoms with van der Waals surface area (Å²) in [4.78, 5) is 16.3. The normalized spacial score (nSPS) is 10.4. The third-order valence-corrected chi connectivity index (χ3v) is 3.53. The number of nitrogens with one attached hydrogen (secondary N) is 2. The molecule has 1 aromatic heterocycles. The van der Waals surface area contributed by atoms with E-state index in [1.165, 1.54) is 0 Å². The van der Waals surface area contributed by atoms with Crippen molar-refractivity contribution in [3.63, 3.8) is 0 Å². The van der Waals surface area contributed by atoms with Crippen LogP contribution in [-0.4, -0.2) is 31.2 Å². The number of aromatic nitrogens is 1. The van der Waals surface area contributed by atoms with Crippen LogP contribution in [0.2, 0.25) is 5.02 Å². The summed E-state index contributed by atoms with van der Waals surface area (Å²) in [7, 11) is 1.64. The maximum Gasteiger partial charge on any atom is 0.251 e. The summed E-state index contributed by atoms with van der Waals surface area (Å²) in [6, 6.07) is 8.99. The van der Waals surface area contributed by atoms with E-state index in [1.807, 2.05) is 25.1 Å². The van der Waals surface area contributed by atoms with Gasteiger partial charge < -0.3 is 15.4 Å². The average molecular weight is 334 g/mol. The van der Waals surface area contributed by atoms with Gasteiger partial charge >= 0.3 is 0 Å². The fourth-order valence-electron chi connectivity index (χ4n) is 2.03. The molecule has 0 saturated carbocycles. The van der Waals surface area contributed by atoms with Crippen molar-refractivity contribution in [3.05, 3.63) is 52.7 Å². The molecule has 0 radical (unpaired) electrons. The lowest BCUT2D eigenvalue weighted by Gasteiger charge is -2.10. The van der Waals surface area contributed by atoms with E-state index in [1.54, 1.807) is 25.4 Å². The molecule has 122 valence electrons. The van der Waals surface area contributed by atoms with Gasteiger partial charge in [-0.05, 0) is 43.2 Å². The van der Waals surface area contributed by atoms with E-state index in [2.05, 4.69) is 15.6 Å². The van der Waals surface area contributed by atoms with Gasteiger partial charge in [0.2, 0.25) is 0 Å². The summed E-state index contributed by atoms with van der Waals surface area (Å²) in [5.74, 6) is 0.467. The number of carbonyl (C=O) groups excluding carboxylic acids is 1. The van der Waals surface area contributed by atoms with Crippen molar-refractivity contribution in [2.45, 2.75) is 13.3 Å². The number of aryl methyl sites for hydroxylation is 1. The molecule has 2 rings (SSSR count). The lowest BCUT2D eigenvalue weighted by atomic mass is 10.2. The van der Waals surface area contributed by atoms with E-state index in [-0.39, 0.29) is 5.91 Å². The zero-order valence-corrected chi connectivity index (χ0v) is 14.0. The smallest absolute Gasteiger partial charge is 0.251 e. The number of carbonyl (C=O) groups is 1. The second-order valence-corrected chi connectivity index (χ2v) is 5.55. The van der Waals surface area contributed by atoms with Crippen LogP contribution in [0.5, 0.6) is 0 Å². The first kappa shape index (κ1) is 17.2. The topological polar surface area (TPSA) is 63.2 Å². The van der Waals surface area contributed by atoms with Crippen LogP contribution >= 0.6 is 11.6 Å². The molecule has 0 saturated heterocycles. The number of ether oxygens (including phenoxy) is 1. The number of anilines is 2. The predicted octanol–water partition coefficient (Wildman–Crippen LogP) is 3.55. The van der Waals surface area contributed by atoms with Crippen molar-refractivity contribution in [2.24, 2.45) is 0 Å². The predicted molar refractivity (Wildman–Crippen MR) is 92.5 cm³/mol. The summed E-state index contributed by atoms with van der Waals surface area (Å²) < 4.78 is 4.95. The number of nitrogens with zero attached hydrogens (tertiary/aromatic N) is 1. The molecular formula is C17H20ClN3O2. The van der Waals surface area contributed by atoms with E-state index < -0.39 is 0 Å². The van der Waals surface area contributed by atoms with E-state index in [0.29, 0.717) is 29.6 Å². The molecule has 0 atom stereocenters. The third kappa shape index (κ3) is 5.23. The second-order valence-electron chi connectivity index (χ2n) is 5.12. The highest BCUT2D eigenvalue weighted by atomic mass is 35.5. The molecule has 0 fully saturated rings. The Labute approximate surface area is 141 Å². The maximum atomic E-state index is 12.1. The number of rotatable bonds is 7. The summed E-state index contributed by atoms with van der Waals surface area (Å²) in [6.45, 7) is 3.17. The van der Waals surface area contributed by atoms with Gasteiger partial charge in [-0.3, -0.25) is 4.79 Å². The number of pyridine rings is 1. The minimum Gasteiger partial charge on any atom is -0.385 e. The van der Waals surface area contributed by atoms with Crippen LogP contribution in [0, 0.1) is 6.92 Å². The Morgan fingerprint density at radius 3 is 2.91 bits per heavy atom. The minimum absolute atomic E-state index is 0.130. The molecule has 0 aliphatic carbocycles. The molecule has 1 aromatic carbocycles. The van der Waals surface area contributed by atoms with Gasteiger partial charge in [-0.2, -0.15) is 0 Å². The molecule has 0 bridgehead atoms. The van der Waals surface area contributed by atoms with E-state index in [0.717, 1.165) is 17.7 Å². The third-order valence-electron chi connectivity index (χ3n) is 3.30. The molecule has 6 heteroatoms. The summed E-state index contributed by atoms with van der Waals surface area (Å²) in [5.41, 5.74) is 2.47. The van der Waals surface area contributed by atoms with Gasteiger partial charge in [-0.1, -0.05) is 17.7 Å². The Hall–Kier alpha value is -2.11. The summed E-state index contributed by atoms with van der Waals surface area (Å²) in [6.07, 6.45) is 2.38. The van der Waals surface area contributed by atoms with Gasteiger partial charge in [0.25, 0.3) is 5.91 Å². The lowest BCUT2D eigenvalue weighted by Crippen LogP contribution is -2.25. The zero-order valence-electron chi connectivity index (χ0n) is 13.2. The van der Waals surface area contributed by atoms with Crippen LogP contribution in [0.3, 0.4) is 0 Å². The van der Waals surface area contributed by atoms with Gasteiger partial charge in [0, 0.05) is 42.7 Å². The average Bonchev–Trinajstić information content (AvgIpc) is 2.55. The second kappa shape index (κ2) is 8.50. The first-order chi connectivity index (χ1) is 11.1. The lowest BCUT2D eigenvalue weighted by molar-refractivity contribution is 0.0948. The van der Waals surface area contributed by atoms with E-state index in [9.17, 15) is 4.79 Å². The Balaban J connectivity index is 2.04. The van der Waals surface area contributed by atoms with Crippen molar-refractivity contribution >= 4 is 29.0 Å². The van der Waals surface area contributed by atoms with Crippen molar-refractivity contribution in [3.8, 4) is 0 Å². The number of methoxy groups -OCH3 is 1. The molecule has 23 heavy (non-hydrogen) atoms. The molecule has 0 aliphatic heterocycles. The monoisotopic (exact) mass is 333 g/mol. The molecule has 5 nitrogen and oxygen atoms in total.